The number of hydrogen-bond acceptors (Lipinski definition) is 7. The van der Waals surface area contributed by atoms with Crippen LogP contribution in [0.1, 0.15) is 10.5 Å². The number of para-hydroxylation sites is 1. The number of rotatable bonds is 3. The van der Waals surface area contributed by atoms with E-state index in [1.165, 1.54) is 16.0 Å². The van der Waals surface area contributed by atoms with Crippen molar-refractivity contribution in [2.75, 3.05) is 43.4 Å². The van der Waals surface area contributed by atoms with E-state index in [1.807, 2.05) is 35.5 Å². The van der Waals surface area contributed by atoms with Crippen molar-refractivity contribution in [3.05, 3.63) is 35.3 Å². The lowest BCUT2D eigenvalue weighted by Crippen LogP contribution is -2.48. The Balaban J connectivity index is 1.43. The van der Waals surface area contributed by atoms with Gasteiger partial charge in [-0.05, 0) is 12.1 Å². The third-order valence-electron chi connectivity index (χ3n) is 4.06. The van der Waals surface area contributed by atoms with Gasteiger partial charge in [-0.1, -0.05) is 23.5 Å². The summed E-state index contributed by atoms with van der Waals surface area (Å²) < 4.78 is 1.20. The van der Waals surface area contributed by atoms with Crippen LogP contribution in [0.5, 0.6) is 0 Å². The first-order chi connectivity index (χ1) is 11.7. The number of amides is 1. The molecule has 0 saturated carbocycles. The molecule has 124 valence electrons. The first kappa shape index (κ1) is 15.3. The predicted octanol–water partition coefficient (Wildman–Crippen LogP) is 2.76. The molecule has 3 aromatic rings. The summed E-state index contributed by atoms with van der Waals surface area (Å²) in [7, 11) is 1.81. The summed E-state index contributed by atoms with van der Waals surface area (Å²) in [6.45, 7) is 2.99. The number of benzene rings is 1. The van der Waals surface area contributed by atoms with Crippen molar-refractivity contribution < 1.29 is 4.79 Å². The number of carbonyl (C=O) groups excluding carboxylic acids is 1. The monoisotopic (exact) mass is 359 g/mol. The molecule has 0 atom stereocenters. The SMILES string of the molecule is CNc1nc(C(=O)N2CCN(c3nc4ccccc4s3)CC2)cs1. The molecule has 1 N–H and O–H groups in total. The average Bonchev–Trinajstić information content (AvgIpc) is 3.28. The number of aromatic nitrogens is 2. The summed E-state index contributed by atoms with van der Waals surface area (Å²) in [4.78, 5) is 25.7. The van der Waals surface area contributed by atoms with Gasteiger partial charge in [0.25, 0.3) is 5.91 Å². The van der Waals surface area contributed by atoms with E-state index >= 15 is 0 Å². The van der Waals surface area contributed by atoms with Crippen LogP contribution in [0.25, 0.3) is 10.2 Å². The van der Waals surface area contributed by atoms with Crippen LogP contribution in [0.2, 0.25) is 0 Å². The molecular formula is C16H17N5OS2. The molecule has 4 rings (SSSR count). The number of thiazole rings is 2. The van der Waals surface area contributed by atoms with Gasteiger partial charge in [0.2, 0.25) is 0 Å². The highest BCUT2D eigenvalue weighted by molar-refractivity contribution is 7.22. The van der Waals surface area contributed by atoms with E-state index in [1.54, 1.807) is 11.3 Å². The molecule has 0 radical (unpaired) electrons. The molecule has 1 saturated heterocycles. The molecule has 0 bridgehead atoms. The van der Waals surface area contributed by atoms with Crippen molar-refractivity contribution in [3.8, 4) is 0 Å². The maximum absolute atomic E-state index is 12.5. The first-order valence-electron chi connectivity index (χ1n) is 7.77. The zero-order chi connectivity index (χ0) is 16.5. The Kier molecular flexibility index (Phi) is 4.07. The number of hydrogen-bond donors (Lipinski definition) is 1. The summed E-state index contributed by atoms with van der Waals surface area (Å²) in [5.74, 6) is 0.0108. The van der Waals surface area contributed by atoms with Gasteiger partial charge in [0.1, 0.15) is 5.69 Å². The lowest BCUT2D eigenvalue weighted by atomic mass is 10.3. The number of nitrogens with one attached hydrogen (secondary N) is 1. The molecule has 1 amide bonds. The Bertz CT molecular complexity index is 833. The molecule has 24 heavy (non-hydrogen) atoms. The van der Waals surface area contributed by atoms with Crippen LogP contribution in [0, 0.1) is 0 Å². The molecule has 0 spiro atoms. The number of nitrogens with zero attached hydrogens (tertiary/aromatic N) is 4. The van der Waals surface area contributed by atoms with Crippen molar-refractivity contribution in [2.45, 2.75) is 0 Å². The van der Waals surface area contributed by atoms with Crippen LogP contribution in [0.3, 0.4) is 0 Å². The summed E-state index contributed by atoms with van der Waals surface area (Å²) in [5.41, 5.74) is 1.57. The standard InChI is InChI=1S/C16H17N5OS2/c1-17-15-18-12(10-23-15)14(22)20-6-8-21(9-7-20)16-19-11-4-2-3-5-13(11)24-16/h2-5,10H,6-9H2,1H3,(H,17,18). The fourth-order valence-electron chi connectivity index (χ4n) is 2.74. The highest BCUT2D eigenvalue weighted by atomic mass is 32.1. The zero-order valence-corrected chi connectivity index (χ0v) is 14.9. The van der Waals surface area contributed by atoms with Gasteiger partial charge in [-0.25, -0.2) is 9.97 Å². The molecule has 6 nitrogen and oxygen atoms in total. The molecule has 1 fully saturated rings. The summed E-state index contributed by atoms with van der Waals surface area (Å²) in [5, 5.41) is 6.59. The molecule has 3 heterocycles. The van der Waals surface area contributed by atoms with E-state index in [0.717, 1.165) is 28.9 Å². The smallest absolute Gasteiger partial charge is 0.273 e. The molecule has 0 unspecified atom stereocenters. The van der Waals surface area contributed by atoms with Crippen LogP contribution < -0.4 is 10.2 Å². The first-order valence-corrected chi connectivity index (χ1v) is 9.47. The molecule has 0 aliphatic carbocycles. The highest BCUT2D eigenvalue weighted by Gasteiger charge is 2.25. The van der Waals surface area contributed by atoms with Gasteiger partial charge in [-0.2, -0.15) is 0 Å². The van der Waals surface area contributed by atoms with Crippen LogP contribution in [-0.2, 0) is 0 Å². The Morgan fingerprint density at radius 2 is 1.96 bits per heavy atom. The van der Waals surface area contributed by atoms with E-state index in [4.69, 9.17) is 4.98 Å². The number of carbonyl (C=O) groups is 1. The molecular weight excluding hydrogens is 342 g/mol. The molecule has 1 aliphatic heterocycles. The van der Waals surface area contributed by atoms with Crippen LogP contribution in [-0.4, -0.2) is 54.0 Å². The third-order valence-corrected chi connectivity index (χ3v) is 6.01. The van der Waals surface area contributed by atoms with Crippen LogP contribution in [0.15, 0.2) is 29.6 Å². The normalized spacial score (nSPS) is 15.0. The minimum absolute atomic E-state index is 0.0108. The van der Waals surface area contributed by atoms with Gasteiger partial charge in [0.05, 0.1) is 10.2 Å². The summed E-state index contributed by atoms with van der Waals surface area (Å²) in [6, 6.07) is 8.18. The second-order valence-electron chi connectivity index (χ2n) is 5.53. The van der Waals surface area contributed by atoms with Gasteiger partial charge in [-0.3, -0.25) is 4.79 Å². The summed E-state index contributed by atoms with van der Waals surface area (Å²) in [6.07, 6.45) is 0. The Morgan fingerprint density at radius 1 is 1.17 bits per heavy atom. The highest BCUT2D eigenvalue weighted by Crippen LogP contribution is 2.29. The number of anilines is 2. The van der Waals surface area contributed by atoms with E-state index in [-0.39, 0.29) is 5.91 Å². The predicted molar refractivity (Wildman–Crippen MR) is 99.4 cm³/mol. The topological polar surface area (TPSA) is 61.4 Å². The second-order valence-corrected chi connectivity index (χ2v) is 7.40. The van der Waals surface area contributed by atoms with Crippen molar-refractivity contribution >= 4 is 49.1 Å². The van der Waals surface area contributed by atoms with Crippen LogP contribution >= 0.6 is 22.7 Å². The quantitative estimate of drug-likeness (QED) is 0.779. The lowest BCUT2D eigenvalue weighted by Gasteiger charge is -2.34. The third kappa shape index (κ3) is 2.83. The molecule has 1 aliphatic rings. The maximum atomic E-state index is 12.5. The van der Waals surface area contributed by atoms with Crippen LogP contribution in [0.4, 0.5) is 10.3 Å². The fourth-order valence-corrected chi connectivity index (χ4v) is 4.41. The lowest BCUT2D eigenvalue weighted by molar-refractivity contribution is 0.0742. The van der Waals surface area contributed by atoms with Crippen molar-refractivity contribution in [3.63, 3.8) is 0 Å². The van der Waals surface area contributed by atoms with E-state index in [2.05, 4.69) is 21.3 Å². The van der Waals surface area contributed by atoms with Gasteiger partial charge >= 0.3 is 0 Å². The minimum Gasteiger partial charge on any atom is -0.365 e. The number of piperazine rings is 1. The molecule has 8 heteroatoms. The minimum atomic E-state index is 0.0108. The Labute approximate surface area is 147 Å². The number of fused-ring (bicyclic) bond motifs is 1. The molecule has 1 aromatic carbocycles. The van der Waals surface area contributed by atoms with E-state index in [0.29, 0.717) is 18.8 Å². The second kappa shape index (κ2) is 6.37. The van der Waals surface area contributed by atoms with Crippen molar-refractivity contribution in [1.29, 1.82) is 0 Å². The van der Waals surface area contributed by atoms with Crippen molar-refractivity contribution in [2.24, 2.45) is 0 Å². The largest absolute Gasteiger partial charge is 0.365 e. The van der Waals surface area contributed by atoms with Gasteiger partial charge in [0.15, 0.2) is 10.3 Å². The average molecular weight is 359 g/mol. The van der Waals surface area contributed by atoms with E-state index < -0.39 is 0 Å². The van der Waals surface area contributed by atoms with Gasteiger partial charge in [-0.15, -0.1) is 11.3 Å². The zero-order valence-electron chi connectivity index (χ0n) is 13.2. The fraction of sp³-hybridized carbons (Fsp3) is 0.312. The van der Waals surface area contributed by atoms with Gasteiger partial charge in [0, 0.05) is 38.6 Å². The maximum Gasteiger partial charge on any atom is 0.273 e. The Hall–Kier alpha value is -2.19. The Morgan fingerprint density at radius 3 is 2.67 bits per heavy atom. The van der Waals surface area contributed by atoms with Gasteiger partial charge < -0.3 is 15.1 Å². The van der Waals surface area contributed by atoms with Crippen molar-refractivity contribution in [1.82, 2.24) is 14.9 Å². The van der Waals surface area contributed by atoms with E-state index in [9.17, 15) is 4.79 Å². The summed E-state index contributed by atoms with van der Waals surface area (Å²) >= 11 is 3.16. The molecule has 2 aromatic heterocycles.